The minimum Gasteiger partial charge on any atom is -0.345 e. The summed E-state index contributed by atoms with van der Waals surface area (Å²) in [6.45, 7) is 0.242. The number of aromatic amines is 1. The number of para-hydroxylation sites is 2. The van der Waals surface area contributed by atoms with Crippen LogP contribution in [0.5, 0.6) is 0 Å². The molecule has 2 aliphatic rings. The van der Waals surface area contributed by atoms with Gasteiger partial charge in [0.05, 0.1) is 28.7 Å². The first-order valence-corrected chi connectivity index (χ1v) is 10.4. The van der Waals surface area contributed by atoms with Crippen LogP contribution >= 0.6 is 0 Å². The van der Waals surface area contributed by atoms with E-state index in [1.54, 1.807) is 12.1 Å². The Bertz CT molecular complexity index is 1130. The van der Waals surface area contributed by atoms with Crippen LogP contribution in [-0.2, 0) is 6.54 Å². The van der Waals surface area contributed by atoms with Crippen LogP contribution in [0.15, 0.2) is 42.5 Å². The summed E-state index contributed by atoms with van der Waals surface area (Å²) < 4.78 is 0. The van der Waals surface area contributed by atoms with Crippen LogP contribution < -0.4 is 5.32 Å². The van der Waals surface area contributed by atoms with Gasteiger partial charge in [-0.3, -0.25) is 19.3 Å². The van der Waals surface area contributed by atoms with E-state index in [-0.39, 0.29) is 30.3 Å². The monoisotopic (exact) mass is 402 g/mol. The van der Waals surface area contributed by atoms with Crippen molar-refractivity contribution in [3.05, 3.63) is 65.0 Å². The first-order valence-electron chi connectivity index (χ1n) is 10.4. The third kappa shape index (κ3) is 3.16. The zero-order chi connectivity index (χ0) is 20.7. The molecule has 0 saturated heterocycles. The Balaban J connectivity index is 1.32. The number of hydrogen-bond donors (Lipinski definition) is 2. The molecule has 2 aromatic carbocycles. The molecule has 0 spiro atoms. The van der Waals surface area contributed by atoms with Crippen molar-refractivity contribution < 1.29 is 14.4 Å². The predicted octanol–water partition coefficient (Wildman–Crippen LogP) is 3.42. The van der Waals surface area contributed by atoms with Gasteiger partial charge in [-0.15, -0.1) is 0 Å². The molecule has 7 heteroatoms. The fourth-order valence-electron chi connectivity index (χ4n) is 4.43. The minimum absolute atomic E-state index is 0.0310. The Kier molecular flexibility index (Phi) is 4.58. The number of carbonyl (C=O) groups excluding carboxylic acids is 3. The maximum Gasteiger partial charge on any atom is 0.261 e. The number of fused-ring (bicyclic) bond motifs is 2. The Morgan fingerprint density at radius 1 is 1.03 bits per heavy atom. The average Bonchev–Trinajstić information content (AvgIpc) is 3.31. The highest BCUT2D eigenvalue weighted by molar-refractivity contribution is 6.22. The second-order valence-electron chi connectivity index (χ2n) is 7.92. The number of H-pyrrole nitrogens is 1. The summed E-state index contributed by atoms with van der Waals surface area (Å²) in [7, 11) is 0. The number of rotatable bonds is 4. The van der Waals surface area contributed by atoms with E-state index in [2.05, 4.69) is 15.3 Å². The van der Waals surface area contributed by atoms with Gasteiger partial charge in [0.2, 0.25) is 0 Å². The third-order valence-corrected chi connectivity index (χ3v) is 5.97. The predicted molar refractivity (Wildman–Crippen MR) is 111 cm³/mol. The van der Waals surface area contributed by atoms with Crippen molar-refractivity contribution in [2.45, 2.75) is 44.7 Å². The molecule has 2 heterocycles. The Labute approximate surface area is 173 Å². The van der Waals surface area contributed by atoms with E-state index in [0.29, 0.717) is 22.5 Å². The number of hydrogen-bond acceptors (Lipinski definition) is 4. The molecule has 2 N–H and O–H groups in total. The molecule has 1 fully saturated rings. The number of benzene rings is 2. The van der Waals surface area contributed by atoms with Crippen LogP contribution in [-0.4, -0.2) is 38.6 Å². The molecule has 5 rings (SSSR count). The lowest BCUT2D eigenvalue weighted by Gasteiger charge is -2.29. The second-order valence-corrected chi connectivity index (χ2v) is 7.92. The lowest BCUT2D eigenvalue weighted by Crippen LogP contribution is -2.40. The van der Waals surface area contributed by atoms with Crippen molar-refractivity contribution in [2.75, 3.05) is 0 Å². The molecule has 1 aliphatic carbocycles. The molecule has 1 aliphatic heterocycles. The highest BCUT2D eigenvalue weighted by atomic mass is 16.2. The maximum absolute atomic E-state index is 12.9. The molecule has 0 atom stereocenters. The van der Waals surface area contributed by atoms with Gasteiger partial charge >= 0.3 is 0 Å². The summed E-state index contributed by atoms with van der Waals surface area (Å²) in [6.07, 6.45) is 4.93. The van der Waals surface area contributed by atoms with Crippen molar-refractivity contribution >= 4 is 28.8 Å². The maximum atomic E-state index is 12.9. The molecular formula is C23H22N4O3. The first kappa shape index (κ1) is 18.5. The van der Waals surface area contributed by atoms with Crippen LogP contribution in [0.2, 0.25) is 0 Å². The Hall–Kier alpha value is -3.48. The number of amides is 3. The van der Waals surface area contributed by atoms with Crippen LogP contribution in [0.25, 0.3) is 11.0 Å². The summed E-state index contributed by atoms with van der Waals surface area (Å²) in [6, 6.07) is 12.3. The van der Waals surface area contributed by atoms with Crippen molar-refractivity contribution in [2.24, 2.45) is 0 Å². The van der Waals surface area contributed by atoms with Gasteiger partial charge in [-0.25, -0.2) is 4.98 Å². The van der Waals surface area contributed by atoms with Gasteiger partial charge in [-0.1, -0.05) is 31.4 Å². The van der Waals surface area contributed by atoms with Crippen LogP contribution in [0, 0.1) is 0 Å². The molecule has 0 unspecified atom stereocenters. The molecule has 0 radical (unpaired) electrons. The normalized spacial score (nSPS) is 16.9. The van der Waals surface area contributed by atoms with E-state index in [4.69, 9.17) is 0 Å². The summed E-state index contributed by atoms with van der Waals surface area (Å²) in [4.78, 5) is 47.4. The van der Waals surface area contributed by atoms with Gasteiger partial charge in [0, 0.05) is 11.6 Å². The van der Waals surface area contributed by atoms with Gasteiger partial charge < -0.3 is 10.3 Å². The van der Waals surface area contributed by atoms with E-state index in [0.717, 1.165) is 43.1 Å². The van der Waals surface area contributed by atoms with Gasteiger partial charge in [-0.2, -0.15) is 0 Å². The van der Waals surface area contributed by atoms with E-state index in [1.165, 1.54) is 11.0 Å². The van der Waals surface area contributed by atoms with Crippen LogP contribution in [0.3, 0.4) is 0 Å². The number of imidazole rings is 1. The average molecular weight is 402 g/mol. The van der Waals surface area contributed by atoms with E-state index >= 15 is 0 Å². The number of nitrogens with one attached hydrogen (secondary N) is 2. The summed E-state index contributed by atoms with van der Waals surface area (Å²) in [5, 5.41) is 2.83. The fourth-order valence-corrected chi connectivity index (χ4v) is 4.43. The zero-order valence-corrected chi connectivity index (χ0v) is 16.5. The number of aromatic nitrogens is 2. The van der Waals surface area contributed by atoms with Gasteiger partial charge in [-0.05, 0) is 43.2 Å². The molecule has 0 bridgehead atoms. The molecular weight excluding hydrogens is 380 g/mol. The van der Waals surface area contributed by atoms with E-state index in [9.17, 15) is 14.4 Å². The van der Waals surface area contributed by atoms with Crippen molar-refractivity contribution in [1.82, 2.24) is 20.2 Å². The largest absolute Gasteiger partial charge is 0.345 e. The van der Waals surface area contributed by atoms with Crippen LogP contribution in [0.1, 0.15) is 69.0 Å². The highest BCUT2D eigenvalue weighted by Crippen LogP contribution is 2.31. The first-order chi connectivity index (χ1) is 14.6. The summed E-state index contributed by atoms with van der Waals surface area (Å²) in [5.74, 6) is -0.181. The molecule has 3 amide bonds. The number of imide groups is 1. The Morgan fingerprint density at radius 2 is 1.80 bits per heavy atom. The number of carbonyl (C=O) groups is 3. The molecule has 30 heavy (non-hydrogen) atoms. The zero-order valence-electron chi connectivity index (χ0n) is 16.5. The van der Waals surface area contributed by atoms with Crippen molar-refractivity contribution in [1.29, 1.82) is 0 Å². The smallest absolute Gasteiger partial charge is 0.261 e. The Morgan fingerprint density at radius 3 is 2.60 bits per heavy atom. The molecule has 7 nitrogen and oxygen atoms in total. The van der Waals surface area contributed by atoms with Gasteiger partial charge in [0.1, 0.15) is 5.82 Å². The van der Waals surface area contributed by atoms with E-state index < -0.39 is 0 Å². The third-order valence-electron chi connectivity index (χ3n) is 5.97. The molecule has 152 valence electrons. The molecule has 1 saturated carbocycles. The molecule has 1 aromatic heterocycles. The van der Waals surface area contributed by atoms with Crippen LogP contribution in [0.4, 0.5) is 0 Å². The summed E-state index contributed by atoms with van der Waals surface area (Å²) >= 11 is 0. The quantitative estimate of drug-likeness (QED) is 0.654. The fraction of sp³-hybridized carbons (Fsp3) is 0.304. The molecule has 3 aromatic rings. The number of nitrogens with zero attached hydrogens (tertiary/aromatic N) is 2. The minimum atomic E-state index is -0.311. The topological polar surface area (TPSA) is 95.2 Å². The van der Waals surface area contributed by atoms with Crippen molar-refractivity contribution in [3.63, 3.8) is 0 Å². The van der Waals surface area contributed by atoms with Gasteiger partial charge in [0.25, 0.3) is 17.7 Å². The SMILES string of the molecule is O=C(NCc1nc2ccccc2[nH]1)c1ccc2c(c1)C(=O)N(C1CCCCC1)C2=O. The van der Waals surface area contributed by atoms with Crippen molar-refractivity contribution in [3.8, 4) is 0 Å². The second kappa shape index (κ2) is 7.40. The van der Waals surface area contributed by atoms with E-state index in [1.807, 2.05) is 24.3 Å². The lowest BCUT2D eigenvalue weighted by molar-refractivity contribution is 0.0549. The highest BCUT2D eigenvalue weighted by Gasteiger charge is 2.40. The summed E-state index contributed by atoms with van der Waals surface area (Å²) in [5.41, 5.74) is 2.82. The lowest BCUT2D eigenvalue weighted by atomic mass is 9.94. The standard InChI is InChI=1S/C23H22N4O3/c28-21(24-13-20-25-18-8-4-5-9-19(18)26-20)14-10-11-16-17(12-14)23(30)27(22(16)29)15-6-2-1-3-7-15/h4-5,8-12,15H,1-3,6-7,13H2,(H,24,28)(H,25,26). The van der Waals surface area contributed by atoms with Gasteiger partial charge in [0.15, 0.2) is 0 Å².